The first-order valence-corrected chi connectivity index (χ1v) is 7.00. The van der Waals surface area contributed by atoms with E-state index in [9.17, 15) is 0 Å². The van der Waals surface area contributed by atoms with Crippen LogP contribution in [0.4, 0.5) is 5.95 Å². The Hall–Kier alpha value is -1.81. The molecule has 2 heterocycles. The maximum atomic E-state index is 5.82. The van der Waals surface area contributed by atoms with Crippen LogP contribution < -0.4 is 9.64 Å². The van der Waals surface area contributed by atoms with E-state index in [2.05, 4.69) is 27.0 Å². The van der Waals surface area contributed by atoms with Gasteiger partial charge in [-0.3, -0.25) is 0 Å². The minimum absolute atomic E-state index is 0.514. The molecule has 0 saturated carbocycles. The monoisotopic (exact) mass is 289 g/mol. The Morgan fingerprint density at radius 1 is 1.20 bits per heavy atom. The van der Waals surface area contributed by atoms with Crippen molar-refractivity contribution in [1.82, 2.24) is 9.97 Å². The van der Waals surface area contributed by atoms with Crippen LogP contribution in [0.1, 0.15) is 17.9 Å². The molecule has 0 bridgehead atoms. The summed E-state index contributed by atoms with van der Waals surface area (Å²) in [4.78, 5) is 10.8. The molecular formula is C15H16ClN3O. The van der Waals surface area contributed by atoms with E-state index in [4.69, 9.17) is 16.3 Å². The van der Waals surface area contributed by atoms with E-state index in [1.165, 1.54) is 5.56 Å². The van der Waals surface area contributed by atoms with E-state index >= 15 is 0 Å². The first-order valence-electron chi connectivity index (χ1n) is 6.62. The summed E-state index contributed by atoms with van der Waals surface area (Å²) in [5, 5.41) is 0.569. The highest BCUT2D eigenvalue weighted by Crippen LogP contribution is 2.30. The quantitative estimate of drug-likeness (QED) is 0.870. The average Bonchev–Trinajstić information content (AvgIpc) is 2.98. The Labute approximate surface area is 123 Å². The van der Waals surface area contributed by atoms with Crippen LogP contribution in [0.15, 0.2) is 36.7 Å². The van der Waals surface area contributed by atoms with Gasteiger partial charge in [-0.15, -0.1) is 0 Å². The predicted molar refractivity (Wildman–Crippen MR) is 79.6 cm³/mol. The van der Waals surface area contributed by atoms with Crippen molar-refractivity contribution in [2.75, 3.05) is 25.1 Å². The molecule has 1 aromatic heterocycles. The fourth-order valence-corrected chi connectivity index (χ4v) is 2.66. The SMILES string of the molecule is COc1ccc(C2CCN(c3ncc(Cl)cn3)C2)cc1. The van der Waals surface area contributed by atoms with Crippen molar-refractivity contribution in [1.29, 1.82) is 0 Å². The molecule has 0 amide bonds. The van der Waals surface area contributed by atoms with Gasteiger partial charge in [0, 0.05) is 19.0 Å². The number of hydrogen-bond donors (Lipinski definition) is 0. The van der Waals surface area contributed by atoms with Gasteiger partial charge < -0.3 is 9.64 Å². The van der Waals surface area contributed by atoms with Gasteiger partial charge in [-0.25, -0.2) is 9.97 Å². The molecule has 1 saturated heterocycles. The maximum Gasteiger partial charge on any atom is 0.225 e. The number of hydrogen-bond acceptors (Lipinski definition) is 4. The molecule has 0 aliphatic carbocycles. The summed E-state index contributed by atoms with van der Waals surface area (Å²) in [6.45, 7) is 1.91. The number of benzene rings is 1. The average molecular weight is 290 g/mol. The van der Waals surface area contributed by atoms with Crippen LogP contribution in [0.25, 0.3) is 0 Å². The standard InChI is InChI=1S/C15H16ClN3O/c1-20-14-4-2-11(3-5-14)12-6-7-19(10-12)15-17-8-13(16)9-18-15/h2-5,8-9,12H,6-7,10H2,1H3. The summed E-state index contributed by atoms with van der Waals surface area (Å²) in [5.41, 5.74) is 1.34. The van der Waals surface area contributed by atoms with Gasteiger partial charge in [0.1, 0.15) is 5.75 Å². The van der Waals surface area contributed by atoms with Crippen molar-refractivity contribution >= 4 is 17.5 Å². The Bertz CT molecular complexity index is 571. The third kappa shape index (κ3) is 2.70. The largest absolute Gasteiger partial charge is 0.497 e. The number of halogens is 1. The highest BCUT2D eigenvalue weighted by Gasteiger charge is 2.25. The molecule has 1 aliphatic heterocycles. The number of ether oxygens (including phenoxy) is 1. The molecule has 5 heteroatoms. The smallest absolute Gasteiger partial charge is 0.225 e. The normalized spacial score (nSPS) is 18.3. The highest BCUT2D eigenvalue weighted by atomic mass is 35.5. The Balaban J connectivity index is 1.71. The summed E-state index contributed by atoms with van der Waals surface area (Å²) < 4.78 is 5.19. The van der Waals surface area contributed by atoms with E-state index < -0.39 is 0 Å². The van der Waals surface area contributed by atoms with Crippen molar-refractivity contribution in [3.8, 4) is 5.75 Å². The van der Waals surface area contributed by atoms with Crippen LogP contribution in [0.5, 0.6) is 5.75 Å². The Kier molecular flexibility index (Phi) is 3.74. The lowest BCUT2D eigenvalue weighted by Gasteiger charge is -2.16. The molecule has 0 spiro atoms. The van der Waals surface area contributed by atoms with Crippen molar-refractivity contribution in [3.63, 3.8) is 0 Å². The third-order valence-electron chi connectivity index (χ3n) is 3.67. The van der Waals surface area contributed by atoms with Crippen molar-refractivity contribution in [3.05, 3.63) is 47.2 Å². The fourth-order valence-electron chi connectivity index (χ4n) is 2.56. The lowest BCUT2D eigenvalue weighted by Crippen LogP contribution is -2.21. The van der Waals surface area contributed by atoms with Crippen molar-refractivity contribution in [2.24, 2.45) is 0 Å². The number of anilines is 1. The molecule has 1 aliphatic rings. The number of aromatic nitrogens is 2. The van der Waals surface area contributed by atoms with E-state index in [1.54, 1.807) is 19.5 Å². The summed E-state index contributed by atoms with van der Waals surface area (Å²) in [5.74, 6) is 2.16. The van der Waals surface area contributed by atoms with Gasteiger partial charge >= 0.3 is 0 Å². The second-order valence-corrected chi connectivity index (χ2v) is 5.34. The van der Waals surface area contributed by atoms with Crippen LogP contribution in [0.2, 0.25) is 5.02 Å². The lowest BCUT2D eigenvalue weighted by atomic mass is 9.98. The zero-order valence-corrected chi connectivity index (χ0v) is 12.0. The van der Waals surface area contributed by atoms with Gasteiger partial charge in [0.2, 0.25) is 5.95 Å². The molecule has 1 unspecified atom stereocenters. The molecule has 4 nitrogen and oxygen atoms in total. The number of nitrogens with zero attached hydrogens (tertiary/aromatic N) is 3. The highest BCUT2D eigenvalue weighted by molar-refractivity contribution is 6.30. The molecule has 1 atom stereocenters. The van der Waals surface area contributed by atoms with Crippen LogP contribution >= 0.6 is 11.6 Å². The topological polar surface area (TPSA) is 38.2 Å². The molecule has 1 fully saturated rings. The molecule has 2 aromatic rings. The fraction of sp³-hybridized carbons (Fsp3) is 0.333. The van der Waals surface area contributed by atoms with Gasteiger partial charge in [0.05, 0.1) is 24.5 Å². The first kappa shape index (κ1) is 13.2. The summed E-state index contributed by atoms with van der Waals surface area (Å²) in [7, 11) is 1.68. The predicted octanol–water partition coefficient (Wildman–Crippen LogP) is 3.13. The van der Waals surface area contributed by atoms with E-state index in [1.807, 2.05) is 12.1 Å². The minimum Gasteiger partial charge on any atom is -0.497 e. The van der Waals surface area contributed by atoms with Gasteiger partial charge in [0.15, 0.2) is 0 Å². The van der Waals surface area contributed by atoms with Gasteiger partial charge in [-0.05, 0) is 24.1 Å². The van der Waals surface area contributed by atoms with Gasteiger partial charge in [0.25, 0.3) is 0 Å². The molecule has 1 aromatic carbocycles. The van der Waals surface area contributed by atoms with E-state index in [-0.39, 0.29) is 0 Å². The van der Waals surface area contributed by atoms with Crippen LogP contribution in [-0.4, -0.2) is 30.2 Å². The van der Waals surface area contributed by atoms with E-state index in [0.29, 0.717) is 10.9 Å². The Morgan fingerprint density at radius 2 is 1.90 bits per heavy atom. The second-order valence-electron chi connectivity index (χ2n) is 4.91. The molecule has 0 N–H and O–H groups in total. The summed E-state index contributed by atoms with van der Waals surface area (Å²) in [6.07, 6.45) is 4.40. The minimum atomic E-state index is 0.514. The van der Waals surface area contributed by atoms with Gasteiger partial charge in [-0.1, -0.05) is 23.7 Å². The number of methoxy groups -OCH3 is 1. The van der Waals surface area contributed by atoms with Crippen molar-refractivity contribution < 1.29 is 4.74 Å². The summed E-state index contributed by atoms with van der Waals surface area (Å²) in [6, 6.07) is 8.29. The third-order valence-corrected chi connectivity index (χ3v) is 3.86. The Morgan fingerprint density at radius 3 is 2.55 bits per heavy atom. The van der Waals surface area contributed by atoms with Crippen LogP contribution in [0.3, 0.4) is 0 Å². The molecular weight excluding hydrogens is 274 g/mol. The zero-order chi connectivity index (χ0) is 13.9. The number of rotatable bonds is 3. The molecule has 104 valence electrons. The van der Waals surface area contributed by atoms with Crippen LogP contribution in [0, 0.1) is 0 Å². The summed E-state index contributed by atoms with van der Waals surface area (Å²) >= 11 is 5.82. The molecule has 3 rings (SSSR count). The molecule has 20 heavy (non-hydrogen) atoms. The maximum absolute atomic E-state index is 5.82. The van der Waals surface area contributed by atoms with Crippen molar-refractivity contribution in [2.45, 2.75) is 12.3 Å². The van der Waals surface area contributed by atoms with E-state index in [0.717, 1.165) is 31.2 Å². The lowest BCUT2D eigenvalue weighted by molar-refractivity contribution is 0.414. The second kappa shape index (κ2) is 5.67. The first-order chi connectivity index (χ1) is 9.76. The van der Waals surface area contributed by atoms with Gasteiger partial charge in [-0.2, -0.15) is 0 Å². The molecule has 0 radical (unpaired) electrons. The van der Waals surface area contributed by atoms with Crippen LogP contribution in [-0.2, 0) is 0 Å². The zero-order valence-electron chi connectivity index (χ0n) is 11.3.